The molecule has 0 radical (unpaired) electrons. The van der Waals surface area contributed by atoms with E-state index in [4.69, 9.17) is 15.0 Å². The Morgan fingerprint density at radius 1 is 1.47 bits per heavy atom. The van der Waals surface area contributed by atoms with Crippen molar-refractivity contribution in [3.8, 4) is 0 Å². The highest BCUT2D eigenvalue weighted by Crippen LogP contribution is 2.23. The van der Waals surface area contributed by atoms with Crippen LogP contribution in [0.5, 0.6) is 0 Å². The van der Waals surface area contributed by atoms with E-state index in [9.17, 15) is 0 Å². The van der Waals surface area contributed by atoms with E-state index in [-0.39, 0.29) is 18.1 Å². The molecule has 6 nitrogen and oxygen atoms in total. The van der Waals surface area contributed by atoms with E-state index in [1.165, 1.54) is 0 Å². The Morgan fingerprint density at radius 3 is 2.95 bits per heavy atom. The minimum atomic E-state index is -0.211. The third kappa shape index (κ3) is 3.52. The van der Waals surface area contributed by atoms with Gasteiger partial charge in [-0.05, 0) is 18.9 Å². The molecule has 1 saturated heterocycles. The predicted molar refractivity (Wildman–Crippen MR) is 71.5 cm³/mol. The monoisotopic (exact) mass is 268 g/mol. The summed E-state index contributed by atoms with van der Waals surface area (Å²) in [6.07, 6.45) is 1.04. The minimum Gasteiger partial charge on any atom is -0.367 e. The van der Waals surface area contributed by atoms with E-state index in [2.05, 4.69) is 22.0 Å². The summed E-state index contributed by atoms with van der Waals surface area (Å²) in [4.78, 5) is 6.76. The third-order valence-corrected chi connectivity index (χ3v) is 3.44. The van der Waals surface area contributed by atoms with Crippen molar-refractivity contribution in [1.29, 1.82) is 0 Å². The number of ether oxygens (including phenoxy) is 1. The van der Waals surface area contributed by atoms with Gasteiger partial charge in [0.05, 0.1) is 12.6 Å². The van der Waals surface area contributed by atoms with Crippen LogP contribution < -0.4 is 5.73 Å². The van der Waals surface area contributed by atoms with Gasteiger partial charge in [0.1, 0.15) is 6.10 Å². The third-order valence-electron chi connectivity index (χ3n) is 3.44. The molecule has 1 aromatic heterocycles. The number of nitrogens with zero attached hydrogens (tertiary/aromatic N) is 3. The molecule has 19 heavy (non-hydrogen) atoms. The number of morpholine rings is 1. The summed E-state index contributed by atoms with van der Waals surface area (Å²) >= 11 is 0. The lowest BCUT2D eigenvalue weighted by molar-refractivity contribution is -0.0350. The zero-order chi connectivity index (χ0) is 13.8. The molecule has 6 heteroatoms. The molecular formula is C13H24N4O2. The van der Waals surface area contributed by atoms with Crippen molar-refractivity contribution in [2.24, 2.45) is 11.7 Å². The average molecular weight is 268 g/mol. The van der Waals surface area contributed by atoms with Crippen molar-refractivity contribution in [3.63, 3.8) is 0 Å². The van der Waals surface area contributed by atoms with E-state index in [0.717, 1.165) is 26.1 Å². The molecule has 108 valence electrons. The number of aromatic nitrogens is 2. The normalized spacial score (nSPS) is 22.9. The maximum absolute atomic E-state index is 6.01. The van der Waals surface area contributed by atoms with Gasteiger partial charge < -0.3 is 15.0 Å². The topological polar surface area (TPSA) is 77.4 Å². The smallest absolute Gasteiger partial charge is 0.243 e. The first-order valence-electron chi connectivity index (χ1n) is 7.04. The molecule has 2 N–H and O–H groups in total. The first kappa shape index (κ1) is 14.4. The Bertz CT molecular complexity index is 392. The first-order valence-corrected chi connectivity index (χ1v) is 7.04. The fourth-order valence-electron chi connectivity index (χ4n) is 2.18. The van der Waals surface area contributed by atoms with Crippen molar-refractivity contribution in [2.45, 2.75) is 39.3 Å². The SMILES string of the molecule is CCCN1CCOC(c2noc(C(N)C(C)C)n2)C1. The minimum absolute atomic E-state index is 0.0998. The second-order valence-electron chi connectivity index (χ2n) is 5.42. The van der Waals surface area contributed by atoms with Crippen molar-refractivity contribution in [1.82, 2.24) is 15.0 Å². The van der Waals surface area contributed by atoms with E-state index in [0.29, 0.717) is 18.3 Å². The number of hydrogen-bond acceptors (Lipinski definition) is 6. The van der Waals surface area contributed by atoms with Crippen LogP contribution in [0.3, 0.4) is 0 Å². The molecule has 1 fully saturated rings. The van der Waals surface area contributed by atoms with Gasteiger partial charge in [-0.2, -0.15) is 4.98 Å². The summed E-state index contributed by atoms with van der Waals surface area (Å²) in [6.45, 7) is 9.84. The van der Waals surface area contributed by atoms with Crippen molar-refractivity contribution < 1.29 is 9.26 Å². The highest BCUT2D eigenvalue weighted by molar-refractivity contribution is 4.97. The lowest BCUT2D eigenvalue weighted by Gasteiger charge is -2.30. The van der Waals surface area contributed by atoms with Gasteiger partial charge in [0.25, 0.3) is 0 Å². The summed E-state index contributed by atoms with van der Waals surface area (Å²) in [5.41, 5.74) is 6.01. The second-order valence-corrected chi connectivity index (χ2v) is 5.42. The van der Waals surface area contributed by atoms with Gasteiger partial charge in [0.15, 0.2) is 0 Å². The van der Waals surface area contributed by atoms with Crippen LogP contribution >= 0.6 is 0 Å². The van der Waals surface area contributed by atoms with Gasteiger partial charge in [-0.25, -0.2) is 0 Å². The zero-order valence-corrected chi connectivity index (χ0v) is 12.0. The van der Waals surface area contributed by atoms with E-state index >= 15 is 0 Å². The molecule has 0 saturated carbocycles. The van der Waals surface area contributed by atoms with E-state index in [1.54, 1.807) is 0 Å². The second kappa shape index (κ2) is 6.45. The van der Waals surface area contributed by atoms with Crippen molar-refractivity contribution in [2.75, 3.05) is 26.2 Å². The number of nitrogens with two attached hydrogens (primary N) is 1. The Balaban J connectivity index is 2.01. The van der Waals surface area contributed by atoms with Gasteiger partial charge in [0, 0.05) is 13.1 Å². The Kier molecular flexibility index (Phi) is 4.90. The molecule has 1 aromatic rings. The van der Waals surface area contributed by atoms with Gasteiger partial charge in [-0.3, -0.25) is 4.90 Å². The zero-order valence-electron chi connectivity index (χ0n) is 12.0. The molecule has 0 spiro atoms. The standard InChI is InChI=1S/C13H24N4O2/c1-4-5-17-6-7-18-10(8-17)12-15-13(19-16-12)11(14)9(2)3/h9-11H,4-8,14H2,1-3H3. The fourth-order valence-corrected chi connectivity index (χ4v) is 2.18. The highest BCUT2D eigenvalue weighted by Gasteiger charge is 2.27. The molecule has 2 unspecified atom stereocenters. The van der Waals surface area contributed by atoms with Crippen LogP contribution in [0.4, 0.5) is 0 Å². The van der Waals surface area contributed by atoms with Gasteiger partial charge in [-0.1, -0.05) is 25.9 Å². The number of rotatable bonds is 5. The van der Waals surface area contributed by atoms with E-state index < -0.39 is 0 Å². The van der Waals surface area contributed by atoms with Crippen LogP contribution in [0.1, 0.15) is 51.1 Å². The first-order chi connectivity index (χ1) is 9.11. The summed E-state index contributed by atoms with van der Waals surface area (Å²) in [6, 6.07) is -0.211. The summed E-state index contributed by atoms with van der Waals surface area (Å²) in [7, 11) is 0. The molecule has 2 atom stereocenters. The largest absolute Gasteiger partial charge is 0.367 e. The Morgan fingerprint density at radius 2 is 2.26 bits per heavy atom. The predicted octanol–water partition coefficient (Wildman–Crippen LogP) is 1.51. The van der Waals surface area contributed by atoms with Crippen LogP contribution in [0, 0.1) is 5.92 Å². The molecule has 2 rings (SSSR count). The lowest BCUT2D eigenvalue weighted by atomic mass is 10.1. The van der Waals surface area contributed by atoms with E-state index in [1.807, 2.05) is 13.8 Å². The summed E-state index contributed by atoms with van der Waals surface area (Å²) < 4.78 is 11.0. The molecule has 0 amide bonds. The molecular weight excluding hydrogens is 244 g/mol. The quantitative estimate of drug-likeness (QED) is 0.872. The molecule has 2 heterocycles. The van der Waals surface area contributed by atoms with Gasteiger partial charge in [-0.15, -0.1) is 0 Å². The van der Waals surface area contributed by atoms with Crippen LogP contribution in [0.25, 0.3) is 0 Å². The Hall–Kier alpha value is -0.980. The molecule has 1 aliphatic heterocycles. The average Bonchev–Trinajstić information content (AvgIpc) is 2.88. The van der Waals surface area contributed by atoms with Gasteiger partial charge >= 0.3 is 0 Å². The van der Waals surface area contributed by atoms with Crippen LogP contribution in [-0.4, -0.2) is 41.3 Å². The van der Waals surface area contributed by atoms with Crippen LogP contribution in [0.15, 0.2) is 4.52 Å². The maximum Gasteiger partial charge on any atom is 0.243 e. The maximum atomic E-state index is 6.01. The van der Waals surface area contributed by atoms with Crippen LogP contribution in [-0.2, 0) is 4.74 Å². The molecule has 0 aliphatic carbocycles. The fraction of sp³-hybridized carbons (Fsp3) is 0.846. The Labute approximate surface area is 114 Å². The molecule has 0 bridgehead atoms. The van der Waals surface area contributed by atoms with Crippen molar-refractivity contribution in [3.05, 3.63) is 11.7 Å². The molecule has 0 aromatic carbocycles. The van der Waals surface area contributed by atoms with Crippen LogP contribution in [0.2, 0.25) is 0 Å². The van der Waals surface area contributed by atoms with Crippen molar-refractivity contribution >= 4 is 0 Å². The summed E-state index contributed by atoms with van der Waals surface area (Å²) in [5, 5.41) is 4.02. The highest BCUT2D eigenvalue weighted by atomic mass is 16.5. The number of hydrogen-bond donors (Lipinski definition) is 1. The molecule has 1 aliphatic rings. The van der Waals surface area contributed by atoms with Gasteiger partial charge in [0.2, 0.25) is 11.7 Å². The lowest BCUT2D eigenvalue weighted by Crippen LogP contribution is -2.39. The summed E-state index contributed by atoms with van der Waals surface area (Å²) in [5.74, 6) is 1.39.